The Hall–Kier alpha value is -1.36. The van der Waals surface area contributed by atoms with Gasteiger partial charge in [0, 0.05) is 19.4 Å². The second-order valence-corrected chi connectivity index (χ2v) is 20.6. The van der Waals surface area contributed by atoms with E-state index in [0.29, 0.717) is 19.4 Å². The van der Waals surface area contributed by atoms with E-state index in [-0.39, 0.29) is 25.2 Å². The van der Waals surface area contributed by atoms with Crippen LogP contribution in [-0.2, 0) is 23.8 Å². The fraction of sp³-hybridized carbons (Fsp3) is 0.934. The van der Waals surface area contributed by atoms with E-state index in [4.69, 9.17) is 14.2 Å². The van der Waals surface area contributed by atoms with Gasteiger partial charge in [-0.05, 0) is 44.9 Å². The average molecular weight is 932 g/mol. The first-order valence-electron chi connectivity index (χ1n) is 30.2. The van der Waals surface area contributed by atoms with Gasteiger partial charge in [0.15, 0.2) is 0 Å². The summed E-state index contributed by atoms with van der Waals surface area (Å²) in [7, 11) is 0. The van der Waals surface area contributed by atoms with Crippen LogP contribution in [0.2, 0.25) is 0 Å². The molecule has 5 heteroatoms. The van der Waals surface area contributed by atoms with Crippen molar-refractivity contribution in [3.63, 3.8) is 0 Å². The van der Waals surface area contributed by atoms with E-state index in [1.807, 2.05) is 0 Å². The van der Waals surface area contributed by atoms with E-state index in [2.05, 4.69) is 32.9 Å². The summed E-state index contributed by atoms with van der Waals surface area (Å²) in [5.41, 5.74) is 0. The Balaban J connectivity index is 4.15. The van der Waals surface area contributed by atoms with Crippen LogP contribution in [-0.4, -0.2) is 37.9 Å². The van der Waals surface area contributed by atoms with Crippen molar-refractivity contribution in [2.75, 3.05) is 19.8 Å². The van der Waals surface area contributed by atoms with Crippen molar-refractivity contribution in [2.24, 2.45) is 0 Å². The van der Waals surface area contributed by atoms with Gasteiger partial charge in [-0.3, -0.25) is 9.59 Å². The van der Waals surface area contributed by atoms with E-state index >= 15 is 0 Å². The molecule has 0 fully saturated rings. The van der Waals surface area contributed by atoms with Gasteiger partial charge in [-0.2, -0.15) is 0 Å². The molecule has 0 N–H and O–H groups in total. The average Bonchev–Trinajstić information content (AvgIpc) is 3.32. The third-order valence-electron chi connectivity index (χ3n) is 13.8. The summed E-state index contributed by atoms with van der Waals surface area (Å²) in [6.07, 6.45) is 68.3. The maximum atomic E-state index is 12.7. The van der Waals surface area contributed by atoms with Gasteiger partial charge < -0.3 is 14.2 Å². The quantitative estimate of drug-likeness (QED) is 0.0345. The smallest absolute Gasteiger partial charge is 0.305 e. The highest BCUT2D eigenvalue weighted by atomic mass is 16.6. The van der Waals surface area contributed by atoms with Crippen LogP contribution in [0.15, 0.2) is 12.2 Å². The molecule has 392 valence electrons. The molecule has 0 aromatic heterocycles. The first-order valence-corrected chi connectivity index (χ1v) is 30.2. The monoisotopic (exact) mass is 931 g/mol. The number of unbranched alkanes of at least 4 members (excludes halogenated alkanes) is 44. The zero-order chi connectivity index (χ0) is 47.7. The predicted octanol–water partition coefficient (Wildman–Crippen LogP) is 20.6. The van der Waals surface area contributed by atoms with Crippen LogP contribution < -0.4 is 0 Å². The molecule has 5 nitrogen and oxygen atoms in total. The standard InChI is InChI=1S/C61H118O5/c1-4-7-10-13-16-19-22-25-27-29-30-31-32-33-34-37-40-43-46-49-52-55-61(63)66-58-59(57-65-60(62)54-51-48-45-42-39-36-24-21-18-15-12-9-6-3)64-56-53-50-47-44-41-38-35-28-26-23-20-17-14-11-8-5-2/h21,24,59H,4-20,22-23,25-58H2,1-3H3/b24-21-/t59-/m1/s1. The van der Waals surface area contributed by atoms with Crippen molar-refractivity contribution >= 4 is 11.9 Å². The zero-order valence-corrected chi connectivity index (χ0v) is 45.2. The number of carbonyl (C=O) groups is 2. The molecule has 0 saturated carbocycles. The van der Waals surface area contributed by atoms with Gasteiger partial charge in [-0.1, -0.05) is 296 Å². The highest BCUT2D eigenvalue weighted by Gasteiger charge is 2.16. The number of ether oxygens (including phenoxy) is 3. The van der Waals surface area contributed by atoms with Crippen molar-refractivity contribution in [3.05, 3.63) is 12.2 Å². The maximum absolute atomic E-state index is 12.7. The van der Waals surface area contributed by atoms with Crippen molar-refractivity contribution in [1.29, 1.82) is 0 Å². The maximum Gasteiger partial charge on any atom is 0.305 e. The van der Waals surface area contributed by atoms with Gasteiger partial charge in [-0.25, -0.2) is 0 Å². The number of rotatable bonds is 57. The molecule has 0 radical (unpaired) electrons. The Kier molecular flexibility index (Phi) is 56.8. The Bertz CT molecular complexity index is 963. The fourth-order valence-corrected chi connectivity index (χ4v) is 9.25. The first kappa shape index (κ1) is 64.6. The molecule has 0 amide bonds. The molecule has 0 bridgehead atoms. The second-order valence-electron chi connectivity index (χ2n) is 20.6. The van der Waals surface area contributed by atoms with Crippen LogP contribution in [0.25, 0.3) is 0 Å². The van der Waals surface area contributed by atoms with E-state index < -0.39 is 6.10 Å². The third-order valence-corrected chi connectivity index (χ3v) is 13.8. The molecule has 66 heavy (non-hydrogen) atoms. The Morgan fingerprint density at radius 1 is 0.303 bits per heavy atom. The summed E-state index contributed by atoms with van der Waals surface area (Å²) in [5.74, 6) is -0.319. The topological polar surface area (TPSA) is 61.8 Å². The normalized spacial score (nSPS) is 12.1. The molecule has 0 unspecified atom stereocenters. The van der Waals surface area contributed by atoms with Gasteiger partial charge in [0.2, 0.25) is 0 Å². The number of esters is 2. The predicted molar refractivity (Wildman–Crippen MR) is 289 cm³/mol. The van der Waals surface area contributed by atoms with Crippen LogP contribution in [0.4, 0.5) is 0 Å². The third kappa shape index (κ3) is 55.2. The van der Waals surface area contributed by atoms with Crippen molar-refractivity contribution in [3.8, 4) is 0 Å². The lowest BCUT2D eigenvalue weighted by molar-refractivity contribution is -0.155. The van der Waals surface area contributed by atoms with Crippen molar-refractivity contribution in [1.82, 2.24) is 0 Å². The fourth-order valence-electron chi connectivity index (χ4n) is 9.25. The number of carbonyl (C=O) groups excluding carboxylic acids is 2. The molecular weight excluding hydrogens is 813 g/mol. The summed E-state index contributed by atoms with van der Waals surface area (Å²) in [4.78, 5) is 25.3. The molecule has 0 heterocycles. The minimum absolute atomic E-state index is 0.155. The van der Waals surface area contributed by atoms with Gasteiger partial charge in [-0.15, -0.1) is 0 Å². The van der Waals surface area contributed by atoms with Crippen LogP contribution >= 0.6 is 0 Å². The Labute approximate surface area is 414 Å². The molecule has 0 aromatic carbocycles. The highest BCUT2D eigenvalue weighted by molar-refractivity contribution is 5.69. The van der Waals surface area contributed by atoms with E-state index in [0.717, 1.165) is 44.9 Å². The molecule has 0 aliphatic carbocycles. The Morgan fingerprint density at radius 3 is 0.818 bits per heavy atom. The zero-order valence-electron chi connectivity index (χ0n) is 45.2. The van der Waals surface area contributed by atoms with Gasteiger partial charge in [0.05, 0.1) is 0 Å². The number of hydrogen-bond donors (Lipinski definition) is 0. The van der Waals surface area contributed by atoms with Crippen LogP contribution in [0.3, 0.4) is 0 Å². The van der Waals surface area contributed by atoms with E-state index in [9.17, 15) is 9.59 Å². The number of allylic oxidation sites excluding steroid dienone is 2. The summed E-state index contributed by atoms with van der Waals surface area (Å²) < 4.78 is 17.5. The van der Waals surface area contributed by atoms with Crippen LogP contribution in [0.1, 0.15) is 342 Å². The lowest BCUT2D eigenvalue weighted by Gasteiger charge is -2.18. The summed E-state index contributed by atoms with van der Waals surface area (Å²) >= 11 is 0. The molecule has 0 saturated heterocycles. The molecule has 0 aromatic rings. The van der Waals surface area contributed by atoms with Crippen LogP contribution in [0.5, 0.6) is 0 Å². The van der Waals surface area contributed by atoms with Crippen molar-refractivity contribution < 1.29 is 23.8 Å². The largest absolute Gasteiger partial charge is 0.463 e. The second kappa shape index (κ2) is 58.0. The lowest BCUT2D eigenvalue weighted by Crippen LogP contribution is -2.29. The first-order chi connectivity index (χ1) is 32.6. The molecule has 0 rings (SSSR count). The minimum atomic E-state index is -0.395. The molecule has 0 spiro atoms. The molecule has 1 atom stereocenters. The summed E-state index contributed by atoms with van der Waals surface area (Å²) in [6.45, 7) is 7.79. The van der Waals surface area contributed by atoms with Gasteiger partial charge in [0.25, 0.3) is 0 Å². The number of hydrogen-bond acceptors (Lipinski definition) is 5. The SMILES string of the molecule is CCCCCC/C=C\CCCCCCCC(=O)OC[C@H](COC(=O)CCCCCCCCCCCCCCCCCCCCCCC)OCCCCCCCCCCCCCCCCCC. The molecule has 0 aliphatic heterocycles. The molecule has 0 aliphatic rings. The van der Waals surface area contributed by atoms with Crippen LogP contribution in [0, 0.1) is 0 Å². The summed E-state index contributed by atoms with van der Waals surface area (Å²) in [5, 5.41) is 0. The summed E-state index contributed by atoms with van der Waals surface area (Å²) in [6, 6.07) is 0. The van der Waals surface area contributed by atoms with Crippen molar-refractivity contribution in [2.45, 2.75) is 348 Å². The van der Waals surface area contributed by atoms with Gasteiger partial charge in [0.1, 0.15) is 19.3 Å². The van der Waals surface area contributed by atoms with E-state index in [1.165, 1.54) is 263 Å². The highest BCUT2D eigenvalue weighted by Crippen LogP contribution is 2.17. The van der Waals surface area contributed by atoms with Gasteiger partial charge >= 0.3 is 11.9 Å². The van der Waals surface area contributed by atoms with E-state index in [1.54, 1.807) is 0 Å². The minimum Gasteiger partial charge on any atom is -0.463 e. The Morgan fingerprint density at radius 2 is 0.530 bits per heavy atom. The lowest BCUT2D eigenvalue weighted by atomic mass is 10.0. The molecular formula is C61H118O5.